The largest absolute Gasteiger partial charge is 0.399 e. The molecule has 5 nitrogen and oxygen atoms in total. The van der Waals surface area contributed by atoms with Gasteiger partial charge in [-0.2, -0.15) is 0 Å². The van der Waals surface area contributed by atoms with E-state index in [1.165, 1.54) is 6.07 Å². The maximum absolute atomic E-state index is 12.0. The molecule has 0 aliphatic carbocycles. The molecule has 0 aromatic heterocycles. The normalized spacial score (nSPS) is 26.4. The average molecular weight is 285 g/mol. The van der Waals surface area contributed by atoms with Gasteiger partial charge in [-0.05, 0) is 25.1 Å². The van der Waals surface area contributed by atoms with Crippen LogP contribution in [0, 0.1) is 0 Å². The van der Waals surface area contributed by atoms with Crippen LogP contribution >= 0.6 is 11.6 Å². The predicted octanol–water partition coefficient (Wildman–Crippen LogP) is 1.19. The smallest absolute Gasteiger partial charge is 0.252 e. The molecule has 2 unspecified atom stereocenters. The van der Waals surface area contributed by atoms with Gasteiger partial charge in [0.05, 0.1) is 16.7 Å². The van der Waals surface area contributed by atoms with Gasteiger partial charge in [0.2, 0.25) is 0 Å². The van der Waals surface area contributed by atoms with Crippen LogP contribution in [0.3, 0.4) is 0 Å². The SMILES string of the molecule is CC1OCCC1(O)CNC(=O)c1cc(N)ccc1Cl. The first-order valence-electron chi connectivity index (χ1n) is 6.09. The molecule has 0 radical (unpaired) electrons. The molecule has 1 fully saturated rings. The fraction of sp³-hybridized carbons (Fsp3) is 0.462. The van der Waals surface area contributed by atoms with Crippen LogP contribution in [0.15, 0.2) is 18.2 Å². The van der Waals surface area contributed by atoms with Crippen LogP contribution in [0.25, 0.3) is 0 Å². The van der Waals surface area contributed by atoms with Crippen LogP contribution in [0.2, 0.25) is 5.02 Å². The van der Waals surface area contributed by atoms with Crippen LogP contribution in [-0.2, 0) is 4.74 Å². The zero-order valence-electron chi connectivity index (χ0n) is 10.6. The summed E-state index contributed by atoms with van der Waals surface area (Å²) < 4.78 is 5.30. The third kappa shape index (κ3) is 3.00. The third-order valence-electron chi connectivity index (χ3n) is 3.45. The maximum Gasteiger partial charge on any atom is 0.252 e. The molecular formula is C13H17ClN2O3. The zero-order valence-corrected chi connectivity index (χ0v) is 11.4. The second-order valence-electron chi connectivity index (χ2n) is 4.79. The molecule has 19 heavy (non-hydrogen) atoms. The molecule has 1 heterocycles. The molecule has 2 atom stereocenters. The summed E-state index contributed by atoms with van der Waals surface area (Å²) in [5, 5.41) is 13.3. The van der Waals surface area contributed by atoms with E-state index in [1.807, 2.05) is 0 Å². The van der Waals surface area contributed by atoms with E-state index in [9.17, 15) is 9.90 Å². The Morgan fingerprint density at radius 2 is 2.42 bits per heavy atom. The maximum atomic E-state index is 12.0. The number of benzene rings is 1. The van der Waals surface area contributed by atoms with Crippen molar-refractivity contribution in [2.75, 3.05) is 18.9 Å². The summed E-state index contributed by atoms with van der Waals surface area (Å²) in [6, 6.07) is 4.71. The Balaban J connectivity index is 2.03. The van der Waals surface area contributed by atoms with Gasteiger partial charge in [-0.25, -0.2) is 0 Å². The van der Waals surface area contributed by atoms with E-state index in [-0.39, 0.29) is 18.6 Å². The Bertz CT molecular complexity index is 495. The van der Waals surface area contributed by atoms with Crippen molar-refractivity contribution in [3.05, 3.63) is 28.8 Å². The highest BCUT2D eigenvalue weighted by molar-refractivity contribution is 6.34. The fourth-order valence-electron chi connectivity index (χ4n) is 2.05. The number of rotatable bonds is 3. The molecule has 0 saturated carbocycles. The monoisotopic (exact) mass is 284 g/mol. The Morgan fingerprint density at radius 1 is 1.68 bits per heavy atom. The van der Waals surface area contributed by atoms with Gasteiger partial charge in [0.25, 0.3) is 5.91 Å². The minimum Gasteiger partial charge on any atom is -0.399 e. The Labute approximate surface area is 116 Å². The molecule has 6 heteroatoms. The van der Waals surface area contributed by atoms with Gasteiger partial charge >= 0.3 is 0 Å². The molecule has 0 bridgehead atoms. The lowest BCUT2D eigenvalue weighted by atomic mass is 9.96. The summed E-state index contributed by atoms with van der Waals surface area (Å²) in [6.45, 7) is 2.40. The van der Waals surface area contributed by atoms with Gasteiger partial charge in [-0.15, -0.1) is 0 Å². The molecule has 1 amide bonds. The van der Waals surface area contributed by atoms with Gasteiger partial charge in [-0.1, -0.05) is 11.6 Å². The second kappa shape index (κ2) is 5.36. The molecule has 1 aromatic carbocycles. The number of ether oxygens (including phenoxy) is 1. The number of carbonyl (C=O) groups excluding carboxylic acids is 1. The number of amides is 1. The minimum absolute atomic E-state index is 0.123. The number of nitrogens with two attached hydrogens (primary N) is 1. The number of hydrogen-bond donors (Lipinski definition) is 3. The van der Waals surface area contributed by atoms with Crippen molar-refractivity contribution in [2.24, 2.45) is 0 Å². The first kappa shape index (κ1) is 14.1. The van der Waals surface area contributed by atoms with Gasteiger partial charge < -0.3 is 20.9 Å². The summed E-state index contributed by atoms with van der Waals surface area (Å²) >= 11 is 5.95. The Morgan fingerprint density at radius 3 is 3.05 bits per heavy atom. The van der Waals surface area contributed by atoms with Crippen LogP contribution in [0.1, 0.15) is 23.7 Å². The molecule has 104 valence electrons. The van der Waals surface area contributed by atoms with Crippen molar-refractivity contribution in [3.8, 4) is 0 Å². The molecule has 0 spiro atoms. The number of aliphatic hydroxyl groups is 1. The van der Waals surface area contributed by atoms with E-state index in [4.69, 9.17) is 22.1 Å². The standard InChI is InChI=1S/C13H17ClN2O3/c1-8-13(18,4-5-19-8)7-16-12(17)10-6-9(15)2-3-11(10)14/h2-3,6,8,18H,4-5,7,15H2,1H3,(H,16,17). The number of anilines is 1. The molecule has 1 aliphatic heterocycles. The zero-order chi connectivity index (χ0) is 14.0. The highest BCUT2D eigenvalue weighted by Crippen LogP contribution is 2.25. The molecule has 1 aliphatic rings. The quantitative estimate of drug-likeness (QED) is 0.728. The van der Waals surface area contributed by atoms with Crippen molar-refractivity contribution in [1.29, 1.82) is 0 Å². The van der Waals surface area contributed by atoms with Crippen molar-refractivity contribution in [1.82, 2.24) is 5.32 Å². The van der Waals surface area contributed by atoms with Crippen molar-refractivity contribution < 1.29 is 14.6 Å². The molecule has 2 rings (SSSR count). The highest BCUT2D eigenvalue weighted by Gasteiger charge is 2.39. The van der Waals surface area contributed by atoms with Crippen LogP contribution < -0.4 is 11.1 Å². The molecule has 1 aromatic rings. The van der Waals surface area contributed by atoms with E-state index in [1.54, 1.807) is 19.1 Å². The van der Waals surface area contributed by atoms with Gasteiger partial charge in [0, 0.05) is 25.3 Å². The lowest BCUT2D eigenvalue weighted by Gasteiger charge is -2.26. The van der Waals surface area contributed by atoms with Crippen LogP contribution in [0.5, 0.6) is 0 Å². The number of nitrogen functional groups attached to an aromatic ring is 1. The summed E-state index contributed by atoms with van der Waals surface area (Å²) in [5.74, 6) is -0.357. The van der Waals surface area contributed by atoms with Crippen molar-refractivity contribution in [3.63, 3.8) is 0 Å². The first-order valence-corrected chi connectivity index (χ1v) is 6.47. The number of carbonyl (C=O) groups is 1. The van der Waals surface area contributed by atoms with Crippen molar-refractivity contribution >= 4 is 23.2 Å². The molecule has 4 N–H and O–H groups in total. The minimum atomic E-state index is -1.03. The summed E-state index contributed by atoms with van der Waals surface area (Å²) in [4.78, 5) is 12.0. The first-order chi connectivity index (χ1) is 8.92. The van der Waals surface area contributed by atoms with Crippen LogP contribution in [0.4, 0.5) is 5.69 Å². The Hall–Kier alpha value is -1.30. The van der Waals surface area contributed by atoms with E-state index in [0.717, 1.165) is 0 Å². The van der Waals surface area contributed by atoms with Gasteiger partial charge in [0.1, 0.15) is 5.60 Å². The predicted molar refractivity (Wildman–Crippen MR) is 73.2 cm³/mol. The Kier molecular flexibility index (Phi) is 3.99. The molecule has 1 saturated heterocycles. The van der Waals surface area contributed by atoms with E-state index in [2.05, 4.69) is 5.32 Å². The van der Waals surface area contributed by atoms with Crippen molar-refractivity contribution in [2.45, 2.75) is 25.0 Å². The number of hydrogen-bond acceptors (Lipinski definition) is 4. The molecular weight excluding hydrogens is 268 g/mol. The topological polar surface area (TPSA) is 84.6 Å². The number of nitrogens with one attached hydrogen (secondary N) is 1. The van der Waals surface area contributed by atoms with Gasteiger partial charge in [0.15, 0.2) is 0 Å². The fourth-order valence-corrected chi connectivity index (χ4v) is 2.25. The van der Waals surface area contributed by atoms with Gasteiger partial charge in [-0.3, -0.25) is 4.79 Å². The second-order valence-corrected chi connectivity index (χ2v) is 5.20. The third-order valence-corrected chi connectivity index (χ3v) is 3.78. The summed E-state index contributed by atoms with van der Waals surface area (Å²) in [5.41, 5.74) is 5.36. The number of halogens is 1. The van der Waals surface area contributed by atoms with E-state index < -0.39 is 5.60 Å². The lowest BCUT2D eigenvalue weighted by Crippen LogP contribution is -2.47. The summed E-state index contributed by atoms with van der Waals surface area (Å²) in [6.07, 6.45) is 0.197. The lowest BCUT2D eigenvalue weighted by molar-refractivity contribution is -0.0251. The summed E-state index contributed by atoms with van der Waals surface area (Å²) in [7, 11) is 0. The average Bonchev–Trinajstić information content (AvgIpc) is 2.70. The highest BCUT2D eigenvalue weighted by atomic mass is 35.5. The van der Waals surface area contributed by atoms with E-state index >= 15 is 0 Å². The van der Waals surface area contributed by atoms with Crippen LogP contribution in [-0.4, -0.2) is 35.9 Å². The van der Waals surface area contributed by atoms with E-state index in [0.29, 0.717) is 29.3 Å².